The van der Waals surface area contributed by atoms with Crippen molar-refractivity contribution in [2.24, 2.45) is 0 Å². The van der Waals surface area contributed by atoms with Gasteiger partial charge in [-0.3, -0.25) is 4.79 Å². The molecule has 1 aromatic rings. The first-order chi connectivity index (χ1) is 8.95. The summed E-state index contributed by atoms with van der Waals surface area (Å²) in [4.78, 5) is 9.51. The number of hydrogen-bond donors (Lipinski definition) is 3. The van der Waals surface area contributed by atoms with Gasteiger partial charge in [-0.2, -0.15) is 17.9 Å². The second-order valence-electron chi connectivity index (χ2n) is 3.86. The van der Waals surface area contributed by atoms with E-state index in [-0.39, 0.29) is 6.07 Å². The maximum Gasteiger partial charge on any atom is 0.416 e. The van der Waals surface area contributed by atoms with Crippen molar-refractivity contribution in [2.45, 2.75) is 24.0 Å². The maximum atomic E-state index is 12.5. The summed E-state index contributed by atoms with van der Waals surface area (Å²) in [5.74, 6) is -2.43. The molecule has 0 fully saturated rings. The van der Waals surface area contributed by atoms with Gasteiger partial charge in [-0.15, -0.1) is 0 Å². The zero-order valence-electron chi connectivity index (χ0n) is 9.97. The number of phenolic OH excluding ortho intramolecular Hbond substituents is 1. The number of carboxylic acid groups (broad SMARTS) is 1. The molecule has 20 heavy (non-hydrogen) atoms. The number of aliphatic carboxylic acids is 1. The predicted molar refractivity (Wildman–Crippen MR) is 60.5 cm³/mol. The average Bonchev–Trinajstić information content (AvgIpc) is 2.26. The van der Waals surface area contributed by atoms with Crippen LogP contribution in [0.5, 0.6) is 5.75 Å². The van der Waals surface area contributed by atoms with E-state index in [0.29, 0.717) is 12.1 Å². The van der Waals surface area contributed by atoms with E-state index in [4.69, 9.17) is 5.11 Å². The van der Waals surface area contributed by atoms with Crippen LogP contribution in [-0.4, -0.2) is 30.6 Å². The SMILES string of the molecule is CC(NS(=O)(=O)c1cc(C(F)(F)F)ccc1O)C(=O)O. The van der Waals surface area contributed by atoms with Crippen LogP contribution in [0.2, 0.25) is 0 Å². The van der Waals surface area contributed by atoms with Gasteiger partial charge in [0.05, 0.1) is 5.56 Å². The summed E-state index contributed by atoms with van der Waals surface area (Å²) in [6.45, 7) is 0.991. The first-order valence-corrected chi connectivity index (χ1v) is 6.59. The zero-order valence-corrected chi connectivity index (χ0v) is 10.8. The van der Waals surface area contributed by atoms with Gasteiger partial charge in [0, 0.05) is 0 Å². The number of phenols is 1. The summed E-state index contributed by atoms with van der Waals surface area (Å²) in [6.07, 6.45) is -4.80. The van der Waals surface area contributed by atoms with Crippen molar-refractivity contribution in [3.8, 4) is 5.75 Å². The normalized spacial score (nSPS) is 14.0. The fourth-order valence-electron chi connectivity index (χ4n) is 1.25. The van der Waals surface area contributed by atoms with Crippen LogP contribution in [0, 0.1) is 0 Å². The Labute approximate surface area is 111 Å². The van der Waals surface area contributed by atoms with Crippen LogP contribution in [0.1, 0.15) is 12.5 Å². The van der Waals surface area contributed by atoms with Gasteiger partial charge in [0.25, 0.3) is 0 Å². The summed E-state index contributed by atoms with van der Waals surface area (Å²) in [7, 11) is -4.60. The van der Waals surface area contributed by atoms with Crippen LogP contribution < -0.4 is 4.72 Å². The average molecular weight is 313 g/mol. The molecule has 10 heteroatoms. The Balaban J connectivity index is 3.28. The number of benzene rings is 1. The third-order valence-electron chi connectivity index (χ3n) is 2.28. The van der Waals surface area contributed by atoms with E-state index in [1.54, 1.807) is 4.72 Å². The molecule has 1 rings (SSSR count). The number of halogens is 3. The Morgan fingerprint density at radius 2 is 1.90 bits per heavy atom. The van der Waals surface area contributed by atoms with E-state index in [0.717, 1.165) is 6.92 Å². The van der Waals surface area contributed by atoms with Crippen molar-refractivity contribution >= 4 is 16.0 Å². The van der Waals surface area contributed by atoms with Crippen molar-refractivity contribution in [1.29, 1.82) is 0 Å². The highest BCUT2D eigenvalue weighted by Gasteiger charge is 2.33. The molecule has 0 saturated heterocycles. The van der Waals surface area contributed by atoms with E-state index in [2.05, 4.69) is 0 Å². The molecule has 0 aromatic heterocycles. The Bertz CT molecular complexity index is 626. The van der Waals surface area contributed by atoms with Crippen molar-refractivity contribution in [3.05, 3.63) is 23.8 Å². The summed E-state index contributed by atoms with van der Waals surface area (Å²) in [5.41, 5.74) is -1.28. The van der Waals surface area contributed by atoms with Gasteiger partial charge in [0.15, 0.2) is 0 Å². The van der Waals surface area contributed by atoms with Crippen molar-refractivity contribution < 1.29 is 36.6 Å². The van der Waals surface area contributed by atoms with Crippen molar-refractivity contribution in [1.82, 2.24) is 4.72 Å². The zero-order chi connectivity index (χ0) is 15.7. The van der Waals surface area contributed by atoms with E-state index in [1.165, 1.54) is 0 Å². The molecule has 1 aromatic carbocycles. The van der Waals surface area contributed by atoms with E-state index < -0.39 is 44.4 Å². The topological polar surface area (TPSA) is 104 Å². The number of hydrogen-bond acceptors (Lipinski definition) is 4. The Morgan fingerprint density at radius 1 is 1.35 bits per heavy atom. The lowest BCUT2D eigenvalue weighted by Crippen LogP contribution is -2.38. The molecular formula is C10H10F3NO5S. The molecule has 0 heterocycles. The van der Waals surface area contributed by atoms with Crippen LogP contribution in [0.15, 0.2) is 23.1 Å². The van der Waals surface area contributed by atoms with Gasteiger partial charge in [0.1, 0.15) is 16.7 Å². The molecule has 0 saturated carbocycles. The first kappa shape index (κ1) is 16.2. The summed E-state index contributed by atoms with van der Waals surface area (Å²) in [6, 6.07) is -0.252. The molecule has 0 amide bonds. The molecule has 3 N–H and O–H groups in total. The lowest BCUT2D eigenvalue weighted by molar-refractivity contribution is -0.139. The Morgan fingerprint density at radius 3 is 2.35 bits per heavy atom. The maximum absolute atomic E-state index is 12.5. The summed E-state index contributed by atoms with van der Waals surface area (Å²) in [5, 5.41) is 17.9. The van der Waals surface area contributed by atoms with Gasteiger partial charge in [-0.05, 0) is 25.1 Å². The highest BCUT2D eigenvalue weighted by molar-refractivity contribution is 7.89. The highest BCUT2D eigenvalue weighted by Crippen LogP contribution is 2.33. The first-order valence-electron chi connectivity index (χ1n) is 5.10. The fraction of sp³-hybridized carbons (Fsp3) is 0.300. The third-order valence-corrected chi connectivity index (χ3v) is 3.85. The largest absolute Gasteiger partial charge is 0.507 e. The minimum absolute atomic E-state index is 0.228. The minimum Gasteiger partial charge on any atom is -0.507 e. The molecule has 0 radical (unpaired) electrons. The quantitative estimate of drug-likeness (QED) is 0.774. The summed E-state index contributed by atoms with van der Waals surface area (Å²) >= 11 is 0. The number of rotatable bonds is 4. The molecule has 112 valence electrons. The standard InChI is InChI=1S/C10H10F3NO5S/c1-5(9(16)17)14-20(18,19)8-4-6(10(11,12)13)2-3-7(8)15/h2-5,14-15H,1H3,(H,16,17). The van der Waals surface area contributed by atoms with Gasteiger partial charge in [0.2, 0.25) is 10.0 Å². The van der Waals surface area contributed by atoms with Crippen LogP contribution in [0.3, 0.4) is 0 Å². The number of carboxylic acids is 1. The number of sulfonamides is 1. The van der Waals surface area contributed by atoms with E-state index >= 15 is 0 Å². The Hall–Kier alpha value is -1.81. The Kier molecular flexibility index (Phi) is 4.30. The molecule has 1 unspecified atom stereocenters. The van der Waals surface area contributed by atoms with Crippen LogP contribution >= 0.6 is 0 Å². The van der Waals surface area contributed by atoms with Crippen molar-refractivity contribution in [2.75, 3.05) is 0 Å². The van der Waals surface area contributed by atoms with Gasteiger partial charge >= 0.3 is 12.1 Å². The number of carbonyl (C=O) groups is 1. The molecule has 1 atom stereocenters. The van der Waals surface area contributed by atoms with Gasteiger partial charge in [-0.25, -0.2) is 8.42 Å². The molecule has 0 aliphatic carbocycles. The third kappa shape index (κ3) is 3.61. The smallest absolute Gasteiger partial charge is 0.416 e. The highest BCUT2D eigenvalue weighted by atomic mass is 32.2. The van der Waals surface area contributed by atoms with Crippen molar-refractivity contribution in [3.63, 3.8) is 0 Å². The van der Waals surface area contributed by atoms with Gasteiger partial charge < -0.3 is 10.2 Å². The lowest BCUT2D eigenvalue weighted by Gasteiger charge is -2.13. The number of alkyl halides is 3. The fourth-order valence-corrected chi connectivity index (χ4v) is 2.57. The molecule has 0 spiro atoms. The molecule has 0 bridgehead atoms. The number of nitrogens with one attached hydrogen (secondary N) is 1. The van der Waals surface area contributed by atoms with Crippen LogP contribution in [0.25, 0.3) is 0 Å². The predicted octanol–water partition coefficient (Wildman–Crippen LogP) is 1.16. The van der Waals surface area contributed by atoms with Gasteiger partial charge in [-0.1, -0.05) is 0 Å². The number of aromatic hydroxyl groups is 1. The van der Waals surface area contributed by atoms with Crippen LogP contribution in [-0.2, 0) is 21.0 Å². The lowest BCUT2D eigenvalue weighted by atomic mass is 10.2. The molecule has 6 nitrogen and oxygen atoms in total. The minimum atomic E-state index is -4.80. The second-order valence-corrected chi connectivity index (χ2v) is 5.54. The monoisotopic (exact) mass is 313 g/mol. The summed E-state index contributed by atoms with van der Waals surface area (Å²) < 4.78 is 62.6. The molecule has 0 aliphatic heterocycles. The molecular weight excluding hydrogens is 303 g/mol. The second kappa shape index (κ2) is 5.29. The van der Waals surface area contributed by atoms with Crippen LogP contribution in [0.4, 0.5) is 13.2 Å². The van der Waals surface area contributed by atoms with E-state index in [1.807, 2.05) is 0 Å². The van der Waals surface area contributed by atoms with E-state index in [9.17, 15) is 31.5 Å². The molecule has 0 aliphatic rings.